The molecule has 108 valence electrons. The maximum Gasteiger partial charge on any atom is 0.149 e. The Morgan fingerprint density at radius 2 is 2.05 bits per heavy atom. The molecule has 0 amide bonds. The first kappa shape index (κ1) is 14.8. The zero-order valence-corrected chi connectivity index (χ0v) is 13.3. The van der Waals surface area contributed by atoms with Crippen LogP contribution in [0.2, 0.25) is 0 Å². The molecule has 1 aromatic heterocycles. The highest BCUT2D eigenvalue weighted by molar-refractivity contribution is 5.75. The van der Waals surface area contributed by atoms with Crippen LogP contribution in [0.15, 0.2) is 23.2 Å². The van der Waals surface area contributed by atoms with E-state index >= 15 is 0 Å². The first-order valence-electron chi connectivity index (χ1n) is 7.49. The predicted molar refractivity (Wildman–Crippen MR) is 84.8 cm³/mol. The van der Waals surface area contributed by atoms with Crippen molar-refractivity contribution in [3.8, 4) is 0 Å². The van der Waals surface area contributed by atoms with Gasteiger partial charge in [-0.25, -0.2) is 4.98 Å². The molecule has 2 aromatic rings. The van der Waals surface area contributed by atoms with Crippen molar-refractivity contribution < 1.29 is 0 Å². The van der Waals surface area contributed by atoms with Crippen LogP contribution in [-0.2, 0) is 13.0 Å². The maximum atomic E-state index is 4.70. The average molecular weight is 271 g/mol. The molecule has 0 aliphatic rings. The third kappa shape index (κ3) is 2.92. The van der Waals surface area contributed by atoms with E-state index in [1.54, 1.807) is 0 Å². The number of aryl methyl sites for hydroxylation is 3. The number of hydrogen-bond acceptors (Lipinski definition) is 2. The molecule has 2 rings (SSSR count). The summed E-state index contributed by atoms with van der Waals surface area (Å²) in [6, 6.07) is 6.56. The van der Waals surface area contributed by atoms with Gasteiger partial charge in [-0.2, -0.15) is 0 Å². The summed E-state index contributed by atoms with van der Waals surface area (Å²) in [5.41, 5.74) is 5.63. The molecule has 3 heteroatoms. The molecular weight excluding hydrogens is 246 g/mol. The molecule has 0 saturated heterocycles. The van der Waals surface area contributed by atoms with Gasteiger partial charge in [0.05, 0.1) is 16.7 Å². The zero-order chi connectivity index (χ0) is 14.7. The van der Waals surface area contributed by atoms with Gasteiger partial charge in [0, 0.05) is 13.6 Å². The lowest BCUT2D eigenvalue weighted by Crippen LogP contribution is -2.26. The average Bonchev–Trinajstić information content (AvgIpc) is 2.43. The van der Waals surface area contributed by atoms with Crippen LogP contribution in [-0.4, -0.2) is 16.6 Å². The first-order chi connectivity index (χ1) is 9.56. The van der Waals surface area contributed by atoms with Gasteiger partial charge < -0.3 is 4.57 Å². The second-order valence-electron chi connectivity index (χ2n) is 5.76. The topological polar surface area (TPSA) is 30.2 Å². The summed E-state index contributed by atoms with van der Waals surface area (Å²) in [4.78, 5) is 9.15. The van der Waals surface area contributed by atoms with E-state index in [-0.39, 0.29) is 0 Å². The lowest BCUT2D eigenvalue weighted by atomic mass is 10.1. The Morgan fingerprint density at radius 3 is 2.65 bits per heavy atom. The molecule has 0 bridgehead atoms. The van der Waals surface area contributed by atoms with Crippen LogP contribution >= 0.6 is 0 Å². The van der Waals surface area contributed by atoms with E-state index in [2.05, 4.69) is 48.5 Å². The standard InChI is InChI=1S/C17H25N3/c1-6-14-7-8-15-16(11-14)20(10-9-12(2)3)17(18-5)13(4)19-15/h7-8,11-12H,6,9-10H2,1-5H3. The SMILES string of the molecule is CCc1ccc2nc(C)c(=NC)n(CCC(C)C)c2c1. The van der Waals surface area contributed by atoms with Gasteiger partial charge in [0.15, 0.2) is 0 Å². The fourth-order valence-corrected chi connectivity index (χ4v) is 2.54. The quantitative estimate of drug-likeness (QED) is 0.837. The molecule has 1 heterocycles. The number of nitrogens with zero attached hydrogens (tertiary/aromatic N) is 3. The first-order valence-corrected chi connectivity index (χ1v) is 7.49. The minimum Gasteiger partial charge on any atom is -0.323 e. The molecule has 0 atom stereocenters. The van der Waals surface area contributed by atoms with Gasteiger partial charge in [-0.1, -0.05) is 26.8 Å². The van der Waals surface area contributed by atoms with Crippen molar-refractivity contribution in [2.24, 2.45) is 10.9 Å². The summed E-state index contributed by atoms with van der Waals surface area (Å²) >= 11 is 0. The molecule has 3 nitrogen and oxygen atoms in total. The summed E-state index contributed by atoms with van der Waals surface area (Å²) < 4.78 is 2.33. The van der Waals surface area contributed by atoms with E-state index < -0.39 is 0 Å². The van der Waals surface area contributed by atoms with Crippen molar-refractivity contribution in [1.82, 2.24) is 9.55 Å². The van der Waals surface area contributed by atoms with E-state index in [9.17, 15) is 0 Å². The molecule has 0 N–H and O–H groups in total. The summed E-state index contributed by atoms with van der Waals surface area (Å²) in [6.07, 6.45) is 2.20. The minimum atomic E-state index is 0.685. The van der Waals surface area contributed by atoms with Crippen LogP contribution in [0.1, 0.15) is 38.4 Å². The highest BCUT2D eigenvalue weighted by Crippen LogP contribution is 2.15. The Balaban J connectivity index is 2.69. The maximum absolute atomic E-state index is 4.70. The fourth-order valence-electron chi connectivity index (χ4n) is 2.54. The highest BCUT2D eigenvalue weighted by Gasteiger charge is 2.08. The second-order valence-corrected chi connectivity index (χ2v) is 5.76. The molecule has 0 aliphatic carbocycles. The molecular formula is C17H25N3. The zero-order valence-electron chi connectivity index (χ0n) is 13.3. The number of hydrogen-bond donors (Lipinski definition) is 0. The third-order valence-electron chi connectivity index (χ3n) is 3.75. The molecule has 0 saturated carbocycles. The summed E-state index contributed by atoms with van der Waals surface area (Å²) in [5.74, 6) is 0.685. The van der Waals surface area contributed by atoms with Gasteiger partial charge >= 0.3 is 0 Å². The normalized spacial score (nSPS) is 12.6. The van der Waals surface area contributed by atoms with E-state index in [1.165, 1.54) is 11.1 Å². The Bertz CT molecular complexity index is 666. The van der Waals surface area contributed by atoms with Gasteiger partial charge in [0.1, 0.15) is 5.49 Å². The number of rotatable bonds is 4. The van der Waals surface area contributed by atoms with Crippen molar-refractivity contribution in [1.29, 1.82) is 0 Å². The molecule has 20 heavy (non-hydrogen) atoms. The Morgan fingerprint density at radius 1 is 1.30 bits per heavy atom. The van der Waals surface area contributed by atoms with Gasteiger partial charge in [0.2, 0.25) is 0 Å². The van der Waals surface area contributed by atoms with Crippen molar-refractivity contribution >= 4 is 11.0 Å². The van der Waals surface area contributed by atoms with Crippen molar-refractivity contribution in [2.45, 2.75) is 47.1 Å². The Hall–Kier alpha value is -1.64. The smallest absolute Gasteiger partial charge is 0.149 e. The predicted octanol–water partition coefficient (Wildman–Crippen LogP) is 3.48. The van der Waals surface area contributed by atoms with E-state index in [1.807, 2.05) is 14.0 Å². The van der Waals surface area contributed by atoms with Crippen molar-refractivity contribution in [3.05, 3.63) is 34.9 Å². The number of benzene rings is 1. The van der Waals surface area contributed by atoms with Crippen LogP contribution in [0.3, 0.4) is 0 Å². The van der Waals surface area contributed by atoms with Crippen LogP contribution < -0.4 is 5.49 Å². The lowest BCUT2D eigenvalue weighted by Gasteiger charge is -2.15. The van der Waals surface area contributed by atoms with Gasteiger partial charge in [0.25, 0.3) is 0 Å². The molecule has 1 aromatic carbocycles. The highest BCUT2D eigenvalue weighted by atomic mass is 15.0. The molecule has 0 spiro atoms. The fraction of sp³-hybridized carbons (Fsp3) is 0.529. The molecule has 0 unspecified atom stereocenters. The molecule has 0 radical (unpaired) electrons. The van der Waals surface area contributed by atoms with Crippen LogP contribution in [0.25, 0.3) is 11.0 Å². The summed E-state index contributed by atoms with van der Waals surface area (Å²) in [7, 11) is 1.85. The van der Waals surface area contributed by atoms with Crippen LogP contribution in [0.4, 0.5) is 0 Å². The largest absolute Gasteiger partial charge is 0.323 e. The van der Waals surface area contributed by atoms with E-state index in [0.29, 0.717) is 5.92 Å². The van der Waals surface area contributed by atoms with Gasteiger partial charge in [-0.3, -0.25) is 4.99 Å². The van der Waals surface area contributed by atoms with Crippen LogP contribution in [0, 0.1) is 12.8 Å². The van der Waals surface area contributed by atoms with Crippen LogP contribution in [0.5, 0.6) is 0 Å². The van der Waals surface area contributed by atoms with E-state index in [4.69, 9.17) is 4.98 Å². The molecule has 0 fully saturated rings. The lowest BCUT2D eigenvalue weighted by molar-refractivity contribution is 0.511. The summed E-state index contributed by atoms with van der Waals surface area (Å²) in [5, 5.41) is 0. The second kappa shape index (κ2) is 6.21. The van der Waals surface area contributed by atoms with Crippen molar-refractivity contribution in [3.63, 3.8) is 0 Å². The third-order valence-corrected chi connectivity index (χ3v) is 3.75. The monoisotopic (exact) mass is 271 g/mol. The van der Waals surface area contributed by atoms with Gasteiger partial charge in [-0.05, 0) is 43.4 Å². The van der Waals surface area contributed by atoms with Crippen molar-refractivity contribution in [2.75, 3.05) is 7.05 Å². The minimum absolute atomic E-state index is 0.685. The Kier molecular flexibility index (Phi) is 4.58. The number of fused-ring (bicyclic) bond motifs is 1. The number of aromatic nitrogens is 2. The summed E-state index contributed by atoms with van der Waals surface area (Å²) in [6.45, 7) is 9.75. The molecule has 0 aliphatic heterocycles. The Labute approximate surface area is 121 Å². The van der Waals surface area contributed by atoms with Gasteiger partial charge in [-0.15, -0.1) is 0 Å². The van der Waals surface area contributed by atoms with E-state index in [0.717, 1.165) is 36.1 Å².